The second-order valence-electron chi connectivity index (χ2n) is 11.9. The predicted molar refractivity (Wildman–Crippen MR) is 166 cm³/mol. The molecular formula is C34H45N3O2S. The number of hydrogen-bond donors (Lipinski definition) is 1. The number of benzene rings is 2. The van der Waals surface area contributed by atoms with Crippen LogP contribution in [0.1, 0.15) is 90.4 Å². The van der Waals surface area contributed by atoms with Gasteiger partial charge in [-0.15, -0.1) is 11.8 Å². The van der Waals surface area contributed by atoms with Gasteiger partial charge in [-0.1, -0.05) is 61.6 Å². The predicted octanol–water partition coefficient (Wildman–Crippen LogP) is 6.73. The second kappa shape index (κ2) is 13.9. The van der Waals surface area contributed by atoms with Crippen LogP contribution < -0.4 is 5.32 Å². The van der Waals surface area contributed by atoms with Crippen LogP contribution in [0.15, 0.2) is 47.4 Å². The molecule has 40 heavy (non-hydrogen) atoms. The molecule has 2 aromatic carbocycles. The topological polar surface area (TPSA) is 52.7 Å². The van der Waals surface area contributed by atoms with Crippen molar-refractivity contribution in [1.82, 2.24) is 15.1 Å². The zero-order chi connectivity index (χ0) is 27.9. The van der Waals surface area contributed by atoms with E-state index in [0.717, 1.165) is 36.3 Å². The number of carbonyl (C=O) groups excluding carboxylic acids is 2. The maximum atomic E-state index is 13.8. The van der Waals surface area contributed by atoms with Gasteiger partial charge in [0.05, 0.1) is 4.91 Å². The van der Waals surface area contributed by atoms with E-state index < -0.39 is 0 Å². The molecule has 2 unspecified atom stereocenters. The third kappa shape index (κ3) is 7.38. The summed E-state index contributed by atoms with van der Waals surface area (Å²) in [6.45, 7) is 9.06. The molecule has 6 heteroatoms. The van der Waals surface area contributed by atoms with Gasteiger partial charge in [0.2, 0.25) is 0 Å². The fourth-order valence-electron chi connectivity index (χ4n) is 6.36. The first-order valence-corrected chi connectivity index (χ1v) is 16.2. The molecule has 2 amide bonds. The Morgan fingerprint density at radius 1 is 0.975 bits per heavy atom. The van der Waals surface area contributed by atoms with E-state index in [2.05, 4.69) is 47.2 Å². The second-order valence-corrected chi connectivity index (χ2v) is 13.1. The average Bonchev–Trinajstić information content (AvgIpc) is 3.24. The van der Waals surface area contributed by atoms with Gasteiger partial charge < -0.3 is 15.1 Å². The Balaban J connectivity index is 1.21. The van der Waals surface area contributed by atoms with E-state index in [-0.39, 0.29) is 11.8 Å². The summed E-state index contributed by atoms with van der Waals surface area (Å²) in [6, 6.07) is 14.5. The van der Waals surface area contributed by atoms with Gasteiger partial charge in [-0.05, 0) is 100 Å². The molecule has 0 bridgehead atoms. The molecule has 0 spiro atoms. The number of nitrogens with one attached hydrogen (secondary N) is 1. The van der Waals surface area contributed by atoms with Gasteiger partial charge in [-0.25, -0.2) is 0 Å². The molecule has 2 saturated heterocycles. The first kappa shape index (κ1) is 28.9. The fourth-order valence-corrected chi connectivity index (χ4v) is 7.84. The van der Waals surface area contributed by atoms with Crippen LogP contribution in [-0.2, 0) is 11.3 Å². The lowest BCUT2D eigenvalue weighted by atomic mass is 9.92. The van der Waals surface area contributed by atoms with Crippen molar-refractivity contribution in [2.75, 3.05) is 26.2 Å². The standard InChI is InChI=1S/C34H45N3O2S/c1-25-12-13-26(2)29(22-25)24-37-30-10-5-6-11-31(30)40-32(34(37)39)23-27-14-16-28(17-15-27)33(38)35-18-9-21-36-19-7-3-4-8-20-36/h12-17,22-23,30-31H,3-11,18-21,24H2,1-2H3,(H,35,38)/b32-23-. The molecule has 1 saturated carbocycles. The van der Waals surface area contributed by atoms with Gasteiger partial charge in [0.25, 0.3) is 11.8 Å². The first-order valence-electron chi connectivity index (χ1n) is 15.3. The number of nitrogens with zero attached hydrogens (tertiary/aromatic N) is 2. The summed E-state index contributed by atoms with van der Waals surface area (Å²) in [5.74, 6) is 0.114. The quantitative estimate of drug-likeness (QED) is 0.288. The number of amides is 2. The van der Waals surface area contributed by atoms with Crippen LogP contribution in [0.5, 0.6) is 0 Å². The molecule has 214 valence electrons. The molecule has 3 fully saturated rings. The van der Waals surface area contributed by atoms with Crippen LogP contribution in [0.25, 0.3) is 6.08 Å². The highest BCUT2D eigenvalue weighted by molar-refractivity contribution is 8.04. The van der Waals surface area contributed by atoms with E-state index in [4.69, 9.17) is 0 Å². The largest absolute Gasteiger partial charge is 0.352 e. The zero-order valence-electron chi connectivity index (χ0n) is 24.3. The van der Waals surface area contributed by atoms with Gasteiger partial charge in [-0.2, -0.15) is 0 Å². The SMILES string of the molecule is Cc1ccc(C)c(CN2C(=O)/C(=C/c3ccc(C(=O)NCCCN4CCCCCC4)cc3)SC3CCCCC32)c1. The molecule has 2 heterocycles. The highest BCUT2D eigenvalue weighted by Gasteiger charge is 2.40. The summed E-state index contributed by atoms with van der Waals surface area (Å²) >= 11 is 1.76. The van der Waals surface area contributed by atoms with E-state index in [0.29, 0.717) is 29.9 Å². The molecule has 0 radical (unpaired) electrons. The maximum Gasteiger partial charge on any atom is 0.260 e. The Morgan fingerprint density at radius 3 is 2.50 bits per heavy atom. The lowest BCUT2D eigenvalue weighted by Crippen LogP contribution is -2.50. The number of fused-ring (bicyclic) bond motifs is 1. The Bertz CT molecular complexity index is 1200. The Morgan fingerprint density at radius 2 is 1.73 bits per heavy atom. The first-order chi connectivity index (χ1) is 19.5. The smallest absolute Gasteiger partial charge is 0.260 e. The van der Waals surface area contributed by atoms with Crippen molar-refractivity contribution in [2.24, 2.45) is 0 Å². The molecule has 5 nitrogen and oxygen atoms in total. The van der Waals surface area contributed by atoms with Crippen molar-refractivity contribution in [3.63, 3.8) is 0 Å². The number of hydrogen-bond acceptors (Lipinski definition) is 4. The summed E-state index contributed by atoms with van der Waals surface area (Å²) in [6.07, 6.45) is 13.0. The average molecular weight is 560 g/mol. The zero-order valence-corrected chi connectivity index (χ0v) is 25.1. The van der Waals surface area contributed by atoms with E-state index in [1.807, 2.05) is 30.3 Å². The molecule has 2 aromatic rings. The molecular weight excluding hydrogens is 514 g/mol. The number of likely N-dealkylation sites (tertiary alicyclic amines) is 1. The lowest BCUT2D eigenvalue weighted by molar-refractivity contribution is -0.130. The minimum atomic E-state index is -0.0251. The highest BCUT2D eigenvalue weighted by Crippen LogP contribution is 2.43. The van der Waals surface area contributed by atoms with E-state index in [1.54, 1.807) is 11.8 Å². The summed E-state index contributed by atoms with van der Waals surface area (Å²) in [5.41, 5.74) is 5.35. The van der Waals surface area contributed by atoms with Crippen molar-refractivity contribution in [1.29, 1.82) is 0 Å². The third-order valence-electron chi connectivity index (χ3n) is 8.77. The van der Waals surface area contributed by atoms with Crippen LogP contribution >= 0.6 is 11.8 Å². The summed E-state index contributed by atoms with van der Waals surface area (Å²) in [7, 11) is 0. The minimum absolute atomic E-state index is 0.0251. The Labute approximate surface area is 244 Å². The van der Waals surface area contributed by atoms with E-state index in [9.17, 15) is 9.59 Å². The van der Waals surface area contributed by atoms with Gasteiger partial charge >= 0.3 is 0 Å². The lowest BCUT2D eigenvalue weighted by Gasteiger charge is -2.44. The van der Waals surface area contributed by atoms with Gasteiger partial charge in [0.15, 0.2) is 0 Å². The van der Waals surface area contributed by atoms with Crippen LogP contribution in [0.2, 0.25) is 0 Å². The number of thioether (sulfide) groups is 1. The van der Waals surface area contributed by atoms with Crippen molar-refractivity contribution < 1.29 is 9.59 Å². The monoisotopic (exact) mass is 559 g/mol. The normalized spacial score (nSPS) is 23.1. The summed E-state index contributed by atoms with van der Waals surface area (Å²) in [4.78, 5) is 32.0. The van der Waals surface area contributed by atoms with Crippen LogP contribution in [0.4, 0.5) is 0 Å². The Kier molecular flexibility index (Phi) is 10.0. The van der Waals surface area contributed by atoms with Gasteiger partial charge in [0.1, 0.15) is 0 Å². The summed E-state index contributed by atoms with van der Waals surface area (Å²) < 4.78 is 0. The van der Waals surface area contributed by atoms with Crippen molar-refractivity contribution in [2.45, 2.75) is 89.5 Å². The molecule has 1 N–H and O–H groups in total. The maximum absolute atomic E-state index is 13.8. The van der Waals surface area contributed by atoms with Crippen molar-refractivity contribution in [3.05, 3.63) is 75.2 Å². The van der Waals surface area contributed by atoms with Crippen LogP contribution in [-0.4, -0.2) is 59.1 Å². The van der Waals surface area contributed by atoms with Crippen molar-refractivity contribution in [3.8, 4) is 0 Å². The number of aryl methyl sites for hydroxylation is 2. The molecule has 0 aromatic heterocycles. The minimum Gasteiger partial charge on any atom is -0.352 e. The Hall–Kier alpha value is -2.57. The molecule has 5 rings (SSSR count). The van der Waals surface area contributed by atoms with E-state index in [1.165, 1.54) is 68.3 Å². The summed E-state index contributed by atoms with van der Waals surface area (Å²) in [5, 5.41) is 3.53. The molecule has 3 aliphatic rings. The van der Waals surface area contributed by atoms with Crippen LogP contribution in [0.3, 0.4) is 0 Å². The molecule has 2 atom stereocenters. The third-order valence-corrected chi connectivity index (χ3v) is 10.2. The van der Waals surface area contributed by atoms with Crippen LogP contribution in [0, 0.1) is 13.8 Å². The highest BCUT2D eigenvalue weighted by atomic mass is 32.2. The van der Waals surface area contributed by atoms with Gasteiger partial charge in [0, 0.05) is 29.9 Å². The molecule has 2 aliphatic heterocycles. The number of carbonyl (C=O) groups is 2. The molecule has 1 aliphatic carbocycles. The van der Waals surface area contributed by atoms with Gasteiger partial charge in [-0.3, -0.25) is 9.59 Å². The van der Waals surface area contributed by atoms with Crippen molar-refractivity contribution >= 4 is 29.7 Å². The number of rotatable bonds is 8. The fraction of sp³-hybridized carbons (Fsp3) is 0.529. The van der Waals surface area contributed by atoms with E-state index >= 15 is 0 Å².